The lowest BCUT2D eigenvalue weighted by Gasteiger charge is -2.34. The van der Waals surface area contributed by atoms with E-state index in [4.69, 9.17) is 0 Å². The highest BCUT2D eigenvalue weighted by Crippen LogP contribution is 2.60. The van der Waals surface area contributed by atoms with Crippen molar-refractivity contribution in [3.05, 3.63) is 0 Å². The zero-order valence-electron chi connectivity index (χ0n) is 10.9. The third-order valence-electron chi connectivity index (χ3n) is 5.71. The Morgan fingerprint density at radius 1 is 1.00 bits per heavy atom. The highest BCUT2D eigenvalue weighted by Gasteiger charge is 2.56. The molecule has 0 aromatic rings. The SMILES string of the molecule is CNC(C1CCCC(C)C1)C1C2CCCC21. The summed E-state index contributed by atoms with van der Waals surface area (Å²) in [4.78, 5) is 0. The maximum atomic E-state index is 3.68. The highest BCUT2D eigenvalue weighted by atomic mass is 14.9. The molecule has 5 unspecified atom stereocenters. The Bertz CT molecular complexity index is 240. The van der Waals surface area contributed by atoms with Crippen molar-refractivity contribution in [2.24, 2.45) is 29.6 Å². The van der Waals surface area contributed by atoms with Gasteiger partial charge in [-0.3, -0.25) is 0 Å². The van der Waals surface area contributed by atoms with Crippen LogP contribution in [0.4, 0.5) is 0 Å². The molecule has 1 nitrogen and oxygen atoms in total. The van der Waals surface area contributed by atoms with Gasteiger partial charge in [0.15, 0.2) is 0 Å². The Morgan fingerprint density at radius 3 is 2.31 bits per heavy atom. The highest BCUT2D eigenvalue weighted by molar-refractivity contribution is 5.07. The van der Waals surface area contributed by atoms with Gasteiger partial charge in [0.1, 0.15) is 0 Å². The first-order valence-corrected chi connectivity index (χ1v) is 7.48. The zero-order chi connectivity index (χ0) is 11.1. The molecule has 5 atom stereocenters. The molecule has 92 valence electrons. The Labute approximate surface area is 100 Å². The van der Waals surface area contributed by atoms with Gasteiger partial charge in [-0.1, -0.05) is 26.2 Å². The fourth-order valence-corrected chi connectivity index (χ4v) is 4.96. The van der Waals surface area contributed by atoms with E-state index in [1.807, 2.05) is 0 Å². The Hall–Kier alpha value is -0.0400. The molecule has 1 heteroatoms. The molecule has 3 aliphatic rings. The second kappa shape index (κ2) is 4.33. The van der Waals surface area contributed by atoms with Gasteiger partial charge >= 0.3 is 0 Å². The maximum absolute atomic E-state index is 3.68. The van der Waals surface area contributed by atoms with Gasteiger partial charge in [0.2, 0.25) is 0 Å². The van der Waals surface area contributed by atoms with Gasteiger partial charge in [-0.25, -0.2) is 0 Å². The molecular weight excluding hydrogens is 194 g/mol. The lowest BCUT2D eigenvalue weighted by molar-refractivity contribution is 0.202. The van der Waals surface area contributed by atoms with Gasteiger partial charge in [0.25, 0.3) is 0 Å². The van der Waals surface area contributed by atoms with Crippen molar-refractivity contribution < 1.29 is 0 Å². The van der Waals surface area contributed by atoms with Gasteiger partial charge in [0, 0.05) is 6.04 Å². The maximum Gasteiger partial charge on any atom is 0.0126 e. The standard InChI is InChI=1S/C15H27N/c1-10-5-3-6-11(9-10)15(16-2)14-12-7-4-8-13(12)14/h10-16H,3-9H2,1-2H3. The molecule has 0 amide bonds. The van der Waals surface area contributed by atoms with E-state index in [-0.39, 0.29) is 0 Å². The van der Waals surface area contributed by atoms with Crippen LogP contribution in [0.3, 0.4) is 0 Å². The van der Waals surface area contributed by atoms with E-state index in [1.165, 1.54) is 44.9 Å². The number of rotatable bonds is 3. The van der Waals surface area contributed by atoms with Gasteiger partial charge in [-0.2, -0.15) is 0 Å². The zero-order valence-corrected chi connectivity index (χ0v) is 10.9. The molecule has 0 radical (unpaired) electrons. The first kappa shape index (κ1) is 11.1. The van der Waals surface area contributed by atoms with E-state index in [0.717, 1.165) is 35.6 Å². The molecule has 0 aromatic heterocycles. The lowest BCUT2D eigenvalue weighted by Crippen LogP contribution is -2.39. The molecule has 0 spiro atoms. The second-order valence-electron chi connectivity index (χ2n) is 6.68. The minimum absolute atomic E-state index is 0.859. The van der Waals surface area contributed by atoms with Crippen molar-refractivity contribution in [1.82, 2.24) is 5.32 Å². The smallest absolute Gasteiger partial charge is 0.0126 e. The van der Waals surface area contributed by atoms with Gasteiger partial charge < -0.3 is 5.32 Å². The molecule has 3 saturated carbocycles. The topological polar surface area (TPSA) is 12.0 Å². The summed E-state index contributed by atoms with van der Waals surface area (Å²) in [5, 5.41) is 3.68. The molecular formula is C15H27N. The monoisotopic (exact) mass is 221 g/mol. The second-order valence-corrected chi connectivity index (χ2v) is 6.68. The molecule has 0 heterocycles. The van der Waals surface area contributed by atoms with Crippen LogP contribution >= 0.6 is 0 Å². The summed E-state index contributed by atoms with van der Waals surface area (Å²) in [5.74, 6) is 5.27. The quantitative estimate of drug-likeness (QED) is 0.769. The average Bonchev–Trinajstić information content (AvgIpc) is 2.74. The van der Waals surface area contributed by atoms with E-state index in [9.17, 15) is 0 Å². The van der Waals surface area contributed by atoms with E-state index >= 15 is 0 Å². The molecule has 0 saturated heterocycles. The van der Waals surface area contributed by atoms with E-state index in [0.29, 0.717) is 0 Å². The third-order valence-corrected chi connectivity index (χ3v) is 5.71. The first-order valence-electron chi connectivity index (χ1n) is 7.48. The van der Waals surface area contributed by atoms with E-state index in [2.05, 4.69) is 19.3 Å². The number of hydrogen-bond acceptors (Lipinski definition) is 1. The van der Waals surface area contributed by atoms with Crippen LogP contribution in [0.1, 0.15) is 51.9 Å². The number of fused-ring (bicyclic) bond motifs is 1. The van der Waals surface area contributed by atoms with E-state index in [1.54, 1.807) is 0 Å². The predicted octanol–water partition coefficient (Wildman–Crippen LogP) is 3.45. The van der Waals surface area contributed by atoms with Crippen molar-refractivity contribution in [3.63, 3.8) is 0 Å². The van der Waals surface area contributed by atoms with Crippen LogP contribution in [-0.4, -0.2) is 13.1 Å². The molecule has 0 aliphatic heterocycles. The molecule has 3 fully saturated rings. The Kier molecular flexibility index (Phi) is 2.99. The molecule has 3 rings (SSSR count). The minimum Gasteiger partial charge on any atom is -0.316 e. The molecule has 1 N–H and O–H groups in total. The van der Waals surface area contributed by atoms with Crippen LogP contribution in [0, 0.1) is 29.6 Å². The average molecular weight is 221 g/mol. The summed E-state index contributed by atoms with van der Waals surface area (Å²) >= 11 is 0. The lowest BCUT2D eigenvalue weighted by atomic mass is 9.76. The summed E-state index contributed by atoms with van der Waals surface area (Å²) in [5.41, 5.74) is 0. The summed E-state index contributed by atoms with van der Waals surface area (Å²) in [7, 11) is 2.21. The number of hydrogen-bond donors (Lipinski definition) is 1. The molecule has 0 aromatic carbocycles. The molecule has 0 bridgehead atoms. The van der Waals surface area contributed by atoms with Crippen molar-refractivity contribution in [1.29, 1.82) is 0 Å². The summed E-state index contributed by atoms with van der Waals surface area (Å²) in [6, 6.07) is 0.859. The fraction of sp³-hybridized carbons (Fsp3) is 1.00. The summed E-state index contributed by atoms with van der Waals surface area (Å²) in [6.45, 7) is 2.45. The predicted molar refractivity (Wildman–Crippen MR) is 68.3 cm³/mol. The molecule has 16 heavy (non-hydrogen) atoms. The van der Waals surface area contributed by atoms with Crippen molar-refractivity contribution in [3.8, 4) is 0 Å². The minimum atomic E-state index is 0.859. The van der Waals surface area contributed by atoms with Crippen LogP contribution in [0.2, 0.25) is 0 Å². The largest absolute Gasteiger partial charge is 0.316 e. The summed E-state index contributed by atoms with van der Waals surface area (Å²) < 4.78 is 0. The third kappa shape index (κ3) is 1.81. The first-order chi connectivity index (χ1) is 7.81. The van der Waals surface area contributed by atoms with Gasteiger partial charge in [-0.15, -0.1) is 0 Å². The van der Waals surface area contributed by atoms with Crippen LogP contribution in [0.5, 0.6) is 0 Å². The van der Waals surface area contributed by atoms with Crippen LogP contribution in [0.25, 0.3) is 0 Å². The van der Waals surface area contributed by atoms with Crippen LogP contribution < -0.4 is 5.32 Å². The summed E-state index contributed by atoms with van der Waals surface area (Å²) in [6.07, 6.45) is 10.5. The van der Waals surface area contributed by atoms with E-state index < -0.39 is 0 Å². The Morgan fingerprint density at radius 2 is 1.69 bits per heavy atom. The van der Waals surface area contributed by atoms with Crippen LogP contribution in [-0.2, 0) is 0 Å². The van der Waals surface area contributed by atoms with Gasteiger partial charge in [0.05, 0.1) is 0 Å². The fourth-order valence-electron chi connectivity index (χ4n) is 4.96. The van der Waals surface area contributed by atoms with Crippen molar-refractivity contribution in [2.75, 3.05) is 7.05 Å². The number of nitrogens with one attached hydrogen (secondary N) is 1. The van der Waals surface area contributed by atoms with Crippen LogP contribution in [0.15, 0.2) is 0 Å². The molecule has 3 aliphatic carbocycles. The van der Waals surface area contributed by atoms with Crippen molar-refractivity contribution >= 4 is 0 Å². The Balaban J connectivity index is 1.62. The normalized spacial score (nSPS) is 48.8. The van der Waals surface area contributed by atoms with Crippen molar-refractivity contribution in [2.45, 2.75) is 57.9 Å². The van der Waals surface area contributed by atoms with Gasteiger partial charge in [-0.05, 0) is 62.3 Å².